The lowest BCUT2D eigenvalue weighted by Gasteiger charge is -2.15. The first-order chi connectivity index (χ1) is 15.9. The van der Waals surface area contributed by atoms with Crippen molar-refractivity contribution in [2.24, 2.45) is 0 Å². The number of thioether (sulfide) groups is 1. The van der Waals surface area contributed by atoms with Gasteiger partial charge < -0.3 is 0 Å². The van der Waals surface area contributed by atoms with Crippen molar-refractivity contribution in [2.45, 2.75) is 37.1 Å². The quantitative estimate of drug-likeness (QED) is 0.127. The van der Waals surface area contributed by atoms with E-state index in [0.717, 1.165) is 17.7 Å². The maximum Gasteiger partial charge on any atom is 0.269 e. The lowest BCUT2D eigenvalue weighted by atomic mass is 9.98. The Balaban J connectivity index is 1.79. The average molecular weight is 480 g/mol. The van der Waals surface area contributed by atoms with Crippen LogP contribution in [-0.4, -0.2) is 14.5 Å². The highest BCUT2D eigenvalue weighted by molar-refractivity contribution is 7.98. The zero-order chi connectivity index (χ0) is 23.5. The fourth-order valence-corrected chi connectivity index (χ4v) is 4.68. The number of halogens is 1. The maximum atomic E-state index is 13.5. The zero-order valence-electron chi connectivity index (χ0n) is 18.2. The molecule has 0 bridgehead atoms. The molecule has 0 fully saturated rings. The predicted molar refractivity (Wildman–Crippen MR) is 134 cm³/mol. The third-order valence-electron chi connectivity index (χ3n) is 5.62. The van der Waals surface area contributed by atoms with Gasteiger partial charge in [0.15, 0.2) is 5.16 Å². The number of nitro benzene ring substituents is 1. The first-order valence-electron chi connectivity index (χ1n) is 10.6. The van der Waals surface area contributed by atoms with Crippen molar-refractivity contribution in [3.8, 4) is 5.69 Å². The second kappa shape index (κ2) is 9.77. The molecule has 8 heteroatoms. The van der Waals surface area contributed by atoms with Gasteiger partial charge in [-0.2, -0.15) is 0 Å². The van der Waals surface area contributed by atoms with Crippen molar-refractivity contribution < 1.29 is 4.92 Å². The molecule has 0 radical (unpaired) electrons. The molecule has 0 saturated heterocycles. The van der Waals surface area contributed by atoms with Crippen LogP contribution in [0.25, 0.3) is 16.6 Å². The van der Waals surface area contributed by atoms with Gasteiger partial charge in [0.25, 0.3) is 11.2 Å². The molecule has 33 heavy (non-hydrogen) atoms. The van der Waals surface area contributed by atoms with E-state index >= 15 is 0 Å². The van der Waals surface area contributed by atoms with E-state index in [-0.39, 0.29) is 11.2 Å². The van der Waals surface area contributed by atoms with Gasteiger partial charge in [-0.3, -0.25) is 19.5 Å². The Kier molecular flexibility index (Phi) is 6.81. The summed E-state index contributed by atoms with van der Waals surface area (Å²) in [4.78, 5) is 28.9. The van der Waals surface area contributed by atoms with Gasteiger partial charge in [0.1, 0.15) is 0 Å². The number of hydrogen-bond acceptors (Lipinski definition) is 5. The highest BCUT2D eigenvalue weighted by Crippen LogP contribution is 2.28. The van der Waals surface area contributed by atoms with Crippen molar-refractivity contribution in [1.29, 1.82) is 0 Å². The van der Waals surface area contributed by atoms with Crippen LogP contribution in [0.3, 0.4) is 0 Å². The molecule has 0 spiro atoms. The van der Waals surface area contributed by atoms with Crippen LogP contribution in [-0.2, 0) is 5.75 Å². The average Bonchev–Trinajstić information content (AvgIpc) is 2.82. The van der Waals surface area contributed by atoms with Gasteiger partial charge >= 0.3 is 0 Å². The molecule has 6 nitrogen and oxygen atoms in total. The van der Waals surface area contributed by atoms with Crippen LogP contribution in [0.2, 0.25) is 5.02 Å². The van der Waals surface area contributed by atoms with Gasteiger partial charge in [-0.1, -0.05) is 61.5 Å². The smallest absolute Gasteiger partial charge is 0.268 e. The molecule has 0 N–H and O–H groups in total. The first-order valence-corrected chi connectivity index (χ1v) is 11.9. The Morgan fingerprint density at radius 2 is 1.88 bits per heavy atom. The Labute approximate surface area is 200 Å². The van der Waals surface area contributed by atoms with Crippen molar-refractivity contribution in [1.82, 2.24) is 9.55 Å². The molecular formula is C25H22ClN3O3S. The minimum absolute atomic E-state index is 0.0318. The zero-order valence-corrected chi connectivity index (χ0v) is 19.8. The maximum absolute atomic E-state index is 13.5. The van der Waals surface area contributed by atoms with Crippen LogP contribution in [0.15, 0.2) is 76.7 Å². The molecule has 1 atom stereocenters. The number of nitro groups is 1. The molecule has 1 aromatic heterocycles. The molecule has 0 amide bonds. The molecule has 1 heterocycles. The summed E-state index contributed by atoms with van der Waals surface area (Å²) in [6.07, 6.45) is 1.03. The van der Waals surface area contributed by atoms with Crippen LogP contribution < -0.4 is 5.56 Å². The summed E-state index contributed by atoms with van der Waals surface area (Å²) in [6, 6.07) is 19.5. The standard InChI is InChI=1S/C25H22ClN3O3S/c1-3-16(2)18-7-10-20(11-8-18)28-24(30)22-12-9-19(26)14-23(22)27-25(28)33-15-17-5-4-6-21(13-17)29(31)32/h4-14,16H,3,15H2,1-2H3. The summed E-state index contributed by atoms with van der Waals surface area (Å²) in [5.41, 5.74) is 3.06. The summed E-state index contributed by atoms with van der Waals surface area (Å²) in [5, 5.41) is 12.6. The fraction of sp³-hybridized carbons (Fsp3) is 0.200. The molecule has 3 aromatic carbocycles. The van der Waals surface area contributed by atoms with E-state index in [1.54, 1.807) is 28.8 Å². The van der Waals surface area contributed by atoms with Crippen molar-refractivity contribution in [3.63, 3.8) is 0 Å². The van der Waals surface area contributed by atoms with Crippen LogP contribution in [0, 0.1) is 10.1 Å². The third-order valence-corrected chi connectivity index (χ3v) is 6.87. The monoisotopic (exact) mass is 479 g/mol. The highest BCUT2D eigenvalue weighted by atomic mass is 35.5. The third kappa shape index (κ3) is 4.94. The second-order valence-corrected chi connectivity index (χ2v) is 9.19. The van der Waals surface area contributed by atoms with Gasteiger partial charge in [-0.15, -0.1) is 0 Å². The summed E-state index contributed by atoms with van der Waals surface area (Å²) in [6.45, 7) is 4.31. The van der Waals surface area contributed by atoms with E-state index in [1.165, 1.54) is 29.5 Å². The van der Waals surface area contributed by atoms with E-state index in [9.17, 15) is 14.9 Å². The predicted octanol–water partition coefficient (Wildman–Crippen LogP) is 6.75. The summed E-state index contributed by atoms with van der Waals surface area (Å²) in [7, 11) is 0. The van der Waals surface area contributed by atoms with Crippen molar-refractivity contribution in [3.05, 3.63) is 103 Å². The normalized spacial score (nSPS) is 12.1. The largest absolute Gasteiger partial charge is 0.269 e. The van der Waals surface area contributed by atoms with Gasteiger partial charge in [0, 0.05) is 22.9 Å². The molecule has 4 aromatic rings. The minimum Gasteiger partial charge on any atom is -0.268 e. The number of non-ortho nitro benzene ring substituents is 1. The van der Waals surface area contributed by atoms with Gasteiger partial charge in [-0.25, -0.2) is 4.98 Å². The summed E-state index contributed by atoms with van der Waals surface area (Å²) >= 11 is 7.49. The fourth-order valence-electron chi connectivity index (χ4n) is 3.56. The molecule has 0 aliphatic carbocycles. The van der Waals surface area contributed by atoms with Gasteiger partial charge in [0.2, 0.25) is 0 Å². The van der Waals surface area contributed by atoms with Crippen molar-refractivity contribution in [2.75, 3.05) is 0 Å². The van der Waals surface area contributed by atoms with E-state index in [2.05, 4.69) is 13.8 Å². The highest BCUT2D eigenvalue weighted by Gasteiger charge is 2.15. The van der Waals surface area contributed by atoms with E-state index in [4.69, 9.17) is 16.6 Å². The van der Waals surface area contributed by atoms with Crippen molar-refractivity contribution >= 4 is 40.0 Å². The van der Waals surface area contributed by atoms with Gasteiger partial charge in [-0.05, 0) is 53.8 Å². The lowest BCUT2D eigenvalue weighted by molar-refractivity contribution is -0.384. The van der Waals surface area contributed by atoms with Crippen LogP contribution in [0.5, 0.6) is 0 Å². The summed E-state index contributed by atoms with van der Waals surface area (Å²) in [5.74, 6) is 0.848. The van der Waals surface area contributed by atoms with Crippen LogP contribution in [0.1, 0.15) is 37.3 Å². The van der Waals surface area contributed by atoms with E-state index in [0.29, 0.717) is 32.8 Å². The Hall–Kier alpha value is -3.16. The molecule has 1 unspecified atom stereocenters. The van der Waals surface area contributed by atoms with E-state index in [1.807, 2.05) is 30.3 Å². The molecule has 0 aliphatic rings. The minimum atomic E-state index is -0.417. The van der Waals surface area contributed by atoms with Crippen LogP contribution in [0.4, 0.5) is 5.69 Å². The number of aromatic nitrogens is 2. The molecule has 4 rings (SSSR count). The number of hydrogen-bond donors (Lipinski definition) is 0. The second-order valence-electron chi connectivity index (χ2n) is 7.81. The topological polar surface area (TPSA) is 78.0 Å². The van der Waals surface area contributed by atoms with E-state index < -0.39 is 4.92 Å². The number of fused-ring (bicyclic) bond motifs is 1. The molecular weight excluding hydrogens is 458 g/mol. The Bertz CT molecular complexity index is 1390. The Morgan fingerprint density at radius 3 is 2.58 bits per heavy atom. The first kappa shape index (κ1) is 23.0. The molecule has 0 aliphatic heterocycles. The lowest BCUT2D eigenvalue weighted by Crippen LogP contribution is -2.21. The number of nitrogens with zero attached hydrogens (tertiary/aromatic N) is 3. The number of rotatable bonds is 7. The molecule has 168 valence electrons. The van der Waals surface area contributed by atoms with Crippen LogP contribution >= 0.6 is 23.4 Å². The number of benzene rings is 3. The van der Waals surface area contributed by atoms with Gasteiger partial charge in [0.05, 0.1) is 21.5 Å². The summed E-state index contributed by atoms with van der Waals surface area (Å²) < 4.78 is 1.60. The Morgan fingerprint density at radius 1 is 1.12 bits per heavy atom. The SMILES string of the molecule is CCC(C)c1ccc(-n2c(SCc3cccc([N+](=O)[O-])c3)nc3cc(Cl)ccc3c2=O)cc1. The molecule has 0 saturated carbocycles.